The Morgan fingerprint density at radius 3 is 2.41 bits per heavy atom. The molecule has 142 valence electrons. The van der Waals surface area contributed by atoms with Crippen molar-refractivity contribution in [2.45, 2.75) is 25.8 Å². The van der Waals surface area contributed by atoms with Gasteiger partial charge in [0.15, 0.2) is 11.6 Å². The van der Waals surface area contributed by atoms with E-state index in [0.717, 1.165) is 25.0 Å². The van der Waals surface area contributed by atoms with Crippen LogP contribution < -0.4 is 4.74 Å². The summed E-state index contributed by atoms with van der Waals surface area (Å²) in [5.74, 6) is -3.18. The maximum Gasteiger partial charge on any atom is 0.308 e. The fourth-order valence-electron chi connectivity index (χ4n) is 2.67. The lowest BCUT2D eigenvalue weighted by atomic mass is 10.1. The molecule has 1 N–H and O–H groups in total. The molecule has 0 heterocycles. The Hall–Kier alpha value is -2.96. The molecule has 5 nitrogen and oxygen atoms in total. The maximum absolute atomic E-state index is 13.7. The minimum atomic E-state index is -0.946. The minimum Gasteiger partial charge on any atom is -0.481 e. The summed E-state index contributed by atoms with van der Waals surface area (Å²) in [6, 6.07) is 9.19. The molecular formula is C20H19F2NO4. The Bertz CT molecular complexity index is 850. The van der Waals surface area contributed by atoms with Crippen molar-refractivity contribution in [2.24, 2.45) is 5.92 Å². The van der Waals surface area contributed by atoms with Crippen molar-refractivity contribution in [2.75, 3.05) is 6.54 Å². The highest BCUT2D eigenvalue weighted by atomic mass is 19.1. The molecule has 7 heteroatoms. The Morgan fingerprint density at radius 2 is 1.85 bits per heavy atom. The van der Waals surface area contributed by atoms with Crippen molar-refractivity contribution >= 4 is 11.9 Å². The quantitative estimate of drug-likeness (QED) is 0.792. The summed E-state index contributed by atoms with van der Waals surface area (Å²) >= 11 is 0. The molecule has 0 radical (unpaired) electrons. The highest BCUT2D eigenvalue weighted by Gasteiger charge is 2.34. The van der Waals surface area contributed by atoms with Crippen LogP contribution in [0, 0.1) is 17.6 Å². The number of halogens is 2. The van der Waals surface area contributed by atoms with Gasteiger partial charge in [0.1, 0.15) is 11.6 Å². The van der Waals surface area contributed by atoms with Gasteiger partial charge in [-0.3, -0.25) is 9.59 Å². The van der Waals surface area contributed by atoms with E-state index in [-0.39, 0.29) is 24.2 Å². The van der Waals surface area contributed by atoms with Crippen LogP contribution in [0.15, 0.2) is 42.5 Å². The summed E-state index contributed by atoms with van der Waals surface area (Å²) < 4.78 is 32.0. The molecule has 1 fully saturated rings. The van der Waals surface area contributed by atoms with E-state index in [9.17, 15) is 18.4 Å². The first-order valence-electron chi connectivity index (χ1n) is 8.62. The standard InChI is InChI=1S/C20H19F2NO4/c1-12(20(25)26)11-23(15-5-6-15)19(24)13-2-7-16(8-3-13)27-18-9-4-14(21)10-17(18)22/h2-4,7-10,12,15H,5-6,11H2,1H3,(H,25,26). The van der Waals surface area contributed by atoms with Crippen LogP contribution in [0.1, 0.15) is 30.1 Å². The normalized spacial score (nSPS) is 14.5. The van der Waals surface area contributed by atoms with Gasteiger partial charge in [0.25, 0.3) is 5.91 Å². The molecule has 0 bridgehead atoms. The lowest BCUT2D eigenvalue weighted by Crippen LogP contribution is -2.38. The molecule has 0 aliphatic heterocycles. The molecule has 0 aromatic heterocycles. The zero-order valence-corrected chi connectivity index (χ0v) is 14.7. The molecule has 1 atom stereocenters. The fourth-order valence-corrected chi connectivity index (χ4v) is 2.67. The topological polar surface area (TPSA) is 66.8 Å². The summed E-state index contributed by atoms with van der Waals surface area (Å²) in [4.78, 5) is 25.4. The summed E-state index contributed by atoms with van der Waals surface area (Å²) in [7, 11) is 0. The first kappa shape index (κ1) is 18.8. The van der Waals surface area contributed by atoms with E-state index >= 15 is 0 Å². The van der Waals surface area contributed by atoms with Crippen LogP contribution in [0.4, 0.5) is 8.78 Å². The zero-order chi connectivity index (χ0) is 19.6. The zero-order valence-electron chi connectivity index (χ0n) is 14.7. The fraction of sp³-hybridized carbons (Fsp3) is 0.300. The van der Waals surface area contributed by atoms with Gasteiger partial charge in [0, 0.05) is 24.2 Å². The van der Waals surface area contributed by atoms with Gasteiger partial charge in [-0.2, -0.15) is 0 Å². The molecule has 1 saturated carbocycles. The van der Waals surface area contributed by atoms with E-state index in [1.54, 1.807) is 24.0 Å². The molecule has 27 heavy (non-hydrogen) atoms. The van der Waals surface area contributed by atoms with E-state index in [1.165, 1.54) is 18.2 Å². The Kier molecular flexibility index (Phi) is 5.39. The van der Waals surface area contributed by atoms with Crippen LogP contribution in [0.5, 0.6) is 11.5 Å². The number of carbonyl (C=O) groups is 2. The van der Waals surface area contributed by atoms with Gasteiger partial charge in [0.05, 0.1) is 5.92 Å². The number of carbonyl (C=O) groups excluding carboxylic acids is 1. The average Bonchev–Trinajstić information content (AvgIpc) is 3.47. The van der Waals surface area contributed by atoms with E-state index < -0.39 is 23.5 Å². The number of carboxylic acid groups (broad SMARTS) is 1. The van der Waals surface area contributed by atoms with Crippen molar-refractivity contribution in [3.8, 4) is 11.5 Å². The van der Waals surface area contributed by atoms with Crippen LogP contribution in [-0.2, 0) is 4.79 Å². The summed E-state index contributed by atoms with van der Waals surface area (Å²) in [6.07, 6.45) is 1.73. The van der Waals surface area contributed by atoms with E-state index in [0.29, 0.717) is 11.3 Å². The molecule has 2 aromatic rings. The highest BCUT2D eigenvalue weighted by molar-refractivity contribution is 5.95. The molecular weight excluding hydrogens is 356 g/mol. The largest absolute Gasteiger partial charge is 0.481 e. The third kappa shape index (κ3) is 4.61. The second kappa shape index (κ2) is 7.73. The first-order chi connectivity index (χ1) is 12.8. The second-order valence-corrected chi connectivity index (χ2v) is 6.63. The number of ether oxygens (including phenoxy) is 1. The van der Waals surface area contributed by atoms with Crippen LogP contribution in [0.25, 0.3) is 0 Å². The summed E-state index contributed by atoms with van der Waals surface area (Å²) in [6.45, 7) is 1.72. The highest BCUT2D eigenvalue weighted by Crippen LogP contribution is 2.30. The van der Waals surface area contributed by atoms with Crippen LogP contribution in [-0.4, -0.2) is 34.5 Å². The van der Waals surface area contributed by atoms with Gasteiger partial charge in [0.2, 0.25) is 0 Å². The van der Waals surface area contributed by atoms with Crippen molar-refractivity contribution in [1.82, 2.24) is 4.90 Å². The number of hydrogen-bond acceptors (Lipinski definition) is 3. The summed E-state index contributed by atoms with van der Waals surface area (Å²) in [5, 5.41) is 9.09. The number of rotatable bonds is 7. The van der Waals surface area contributed by atoms with Gasteiger partial charge in [-0.25, -0.2) is 8.78 Å². The number of aliphatic carboxylic acids is 1. The molecule has 1 aliphatic carbocycles. The van der Waals surface area contributed by atoms with Crippen molar-refractivity contribution in [3.63, 3.8) is 0 Å². The van der Waals surface area contributed by atoms with Gasteiger partial charge >= 0.3 is 5.97 Å². The van der Waals surface area contributed by atoms with Crippen LogP contribution >= 0.6 is 0 Å². The average molecular weight is 375 g/mol. The molecule has 2 aromatic carbocycles. The van der Waals surface area contributed by atoms with E-state index in [2.05, 4.69) is 0 Å². The molecule has 1 aliphatic rings. The predicted molar refractivity (Wildman–Crippen MR) is 93.7 cm³/mol. The van der Waals surface area contributed by atoms with Crippen LogP contribution in [0.2, 0.25) is 0 Å². The van der Waals surface area contributed by atoms with Crippen molar-refractivity contribution < 1.29 is 28.2 Å². The SMILES string of the molecule is CC(CN(C(=O)c1ccc(Oc2ccc(F)cc2F)cc1)C1CC1)C(=O)O. The van der Waals surface area contributed by atoms with Gasteiger partial charge in [-0.05, 0) is 49.2 Å². The lowest BCUT2D eigenvalue weighted by Gasteiger charge is -2.24. The third-order valence-electron chi connectivity index (χ3n) is 4.36. The molecule has 0 spiro atoms. The monoisotopic (exact) mass is 375 g/mol. The first-order valence-corrected chi connectivity index (χ1v) is 8.62. The molecule has 0 saturated heterocycles. The predicted octanol–water partition coefficient (Wildman–Crippen LogP) is 4.08. The number of hydrogen-bond donors (Lipinski definition) is 1. The van der Waals surface area contributed by atoms with E-state index in [4.69, 9.17) is 9.84 Å². The Morgan fingerprint density at radius 1 is 1.19 bits per heavy atom. The summed E-state index contributed by atoms with van der Waals surface area (Å²) in [5.41, 5.74) is 0.395. The van der Waals surface area contributed by atoms with Crippen molar-refractivity contribution in [3.05, 3.63) is 59.7 Å². The number of amides is 1. The second-order valence-electron chi connectivity index (χ2n) is 6.63. The molecule has 3 rings (SSSR count). The Labute approximate surface area is 155 Å². The maximum atomic E-state index is 13.7. The number of carboxylic acids is 1. The van der Waals surface area contributed by atoms with Gasteiger partial charge in [-0.15, -0.1) is 0 Å². The third-order valence-corrected chi connectivity index (χ3v) is 4.36. The molecule has 1 amide bonds. The van der Waals surface area contributed by atoms with E-state index in [1.807, 2.05) is 0 Å². The number of nitrogens with zero attached hydrogens (tertiary/aromatic N) is 1. The Balaban J connectivity index is 1.71. The lowest BCUT2D eigenvalue weighted by molar-refractivity contribution is -0.141. The van der Waals surface area contributed by atoms with Gasteiger partial charge in [-0.1, -0.05) is 6.92 Å². The number of benzene rings is 2. The van der Waals surface area contributed by atoms with Crippen LogP contribution in [0.3, 0.4) is 0 Å². The van der Waals surface area contributed by atoms with Gasteiger partial charge < -0.3 is 14.7 Å². The smallest absolute Gasteiger partial charge is 0.308 e. The molecule has 1 unspecified atom stereocenters. The van der Waals surface area contributed by atoms with Crippen molar-refractivity contribution in [1.29, 1.82) is 0 Å². The minimum absolute atomic E-state index is 0.0727.